The first-order chi connectivity index (χ1) is 14.7. The Morgan fingerprint density at radius 3 is 2.45 bits per heavy atom. The normalized spacial score (nSPS) is 11.2. The monoisotopic (exact) mass is 466 g/mol. The number of hydrogen-bond acceptors (Lipinski definition) is 4. The van der Waals surface area contributed by atoms with E-state index in [1.165, 1.54) is 13.2 Å². The molecule has 0 spiro atoms. The molecular formula is C21H17ClF2N2O4S. The molecule has 0 aliphatic rings. The number of ether oxygens (including phenoxy) is 1. The third kappa shape index (κ3) is 5.38. The van der Waals surface area contributed by atoms with Gasteiger partial charge in [-0.2, -0.15) is 0 Å². The lowest BCUT2D eigenvalue weighted by Crippen LogP contribution is -2.24. The van der Waals surface area contributed by atoms with E-state index in [0.29, 0.717) is 11.3 Å². The molecule has 0 aliphatic heterocycles. The number of anilines is 1. The van der Waals surface area contributed by atoms with Crippen LogP contribution < -0.4 is 14.8 Å². The van der Waals surface area contributed by atoms with Crippen molar-refractivity contribution in [1.82, 2.24) is 4.72 Å². The Labute approximate surface area is 182 Å². The first kappa shape index (κ1) is 22.7. The number of rotatable bonds is 7. The zero-order valence-electron chi connectivity index (χ0n) is 16.2. The van der Waals surface area contributed by atoms with E-state index in [4.69, 9.17) is 16.3 Å². The third-order valence-electron chi connectivity index (χ3n) is 4.32. The van der Waals surface area contributed by atoms with Crippen molar-refractivity contribution in [2.24, 2.45) is 0 Å². The van der Waals surface area contributed by atoms with Crippen molar-refractivity contribution >= 4 is 33.2 Å². The summed E-state index contributed by atoms with van der Waals surface area (Å²) < 4.78 is 60.4. The Balaban J connectivity index is 1.81. The van der Waals surface area contributed by atoms with Gasteiger partial charge in [0.15, 0.2) is 0 Å². The number of hydrogen-bond donors (Lipinski definition) is 2. The zero-order valence-corrected chi connectivity index (χ0v) is 17.7. The minimum Gasteiger partial charge on any atom is -0.496 e. The molecule has 3 rings (SSSR count). The van der Waals surface area contributed by atoms with Crippen LogP contribution in [0.5, 0.6) is 5.75 Å². The van der Waals surface area contributed by atoms with Crippen LogP contribution in [-0.2, 0) is 16.6 Å². The lowest BCUT2D eigenvalue weighted by molar-refractivity contribution is 0.102. The molecule has 0 heterocycles. The number of carbonyl (C=O) groups is 1. The smallest absolute Gasteiger partial charge is 0.258 e. The highest BCUT2D eigenvalue weighted by Gasteiger charge is 2.20. The maximum absolute atomic E-state index is 14.2. The van der Waals surface area contributed by atoms with Crippen molar-refractivity contribution in [3.63, 3.8) is 0 Å². The van der Waals surface area contributed by atoms with Crippen LogP contribution in [0.3, 0.4) is 0 Å². The van der Waals surface area contributed by atoms with Crippen LogP contribution in [0.4, 0.5) is 14.5 Å². The molecule has 0 atom stereocenters. The van der Waals surface area contributed by atoms with Crippen molar-refractivity contribution in [2.75, 3.05) is 12.4 Å². The highest BCUT2D eigenvalue weighted by Crippen LogP contribution is 2.22. The van der Waals surface area contributed by atoms with Gasteiger partial charge in [0.2, 0.25) is 10.0 Å². The third-order valence-corrected chi connectivity index (χ3v) is 6.00. The Morgan fingerprint density at radius 1 is 1.03 bits per heavy atom. The number of para-hydroxylation sites is 1. The second-order valence-corrected chi connectivity index (χ2v) is 8.54. The molecule has 1 amide bonds. The molecule has 3 aromatic carbocycles. The van der Waals surface area contributed by atoms with Crippen molar-refractivity contribution in [3.05, 3.63) is 88.4 Å². The summed E-state index contributed by atoms with van der Waals surface area (Å²) >= 11 is 5.67. The minimum absolute atomic E-state index is 0.0701. The van der Waals surface area contributed by atoms with Crippen LogP contribution in [0.25, 0.3) is 0 Å². The Morgan fingerprint density at radius 2 is 1.74 bits per heavy atom. The largest absolute Gasteiger partial charge is 0.496 e. The number of amides is 1. The van der Waals surface area contributed by atoms with Crippen molar-refractivity contribution in [2.45, 2.75) is 11.4 Å². The lowest BCUT2D eigenvalue weighted by atomic mass is 10.2. The van der Waals surface area contributed by atoms with Gasteiger partial charge in [0.05, 0.1) is 22.6 Å². The van der Waals surface area contributed by atoms with Gasteiger partial charge in [-0.1, -0.05) is 29.8 Å². The van der Waals surface area contributed by atoms with Gasteiger partial charge in [0.1, 0.15) is 17.4 Å². The summed E-state index contributed by atoms with van der Waals surface area (Å²) in [6, 6.07) is 13.1. The van der Waals surface area contributed by atoms with E-state index < -0.39 is 33.1 Å². The molecule has 0 saturated carbocycles. The average Bonchev–Trinajstić information content (AvgIpc) is 2.75. The number of carbonyl (C=O) groups excluding carboxylic acids is 1. The minimum atomic E-state index is -4.06. The van der Waals surface area contributed by atoms with Gasteiger partial charge >= 0.3 is 0 Å². The first-order valence-corrected chi connectivity index (χ1v) is 10.7. The fourth-order valence-electron chi connectivity index (χ4n) is 2.72. The lowest BCUT2D eigenvalue weighted by Gasteiger charge is -2.12. The summed E-state index contributed by atoms with van der Waals surface area (Å²) in [5.41, 5.74) is 0.223. The standard InChI is InChI=1S/C21H17ClF2N2O4S/c1-30-20-5-3-2-4-13(20)12-25-31(28,29)15-7-9-18(23)16(11-15)21(27)26-14-6-8-19(24)17(22)10-14/h2-11,25H,12H2,1H3,(H,26,27). The molecule has 3 aromatic rings. The maximum Gasteiger partial charge on any atom is 0.258 e. The second kappa shape index (κ2) is 9.42. The highest BCUT2D eigenvalue weighted by molar-refractivity contribution is 7.89. The van der Waals surface area contributed by atoms with Crippen LogP contribution in [0, 0.1) is 11.6 Å². The summed E-state index contributed by atoms with van der Waals surface area (Å²) in [7, 11) is -2.60. The topological polar surface area (TPSA) is 84.5 Å². The molecule has 0 bridgehead atoms. The van der Waals surface area contributed by atoms with Gasteiger partial charge in [-0.3, -0.25) is 4.79 Å². The van der Waals surface area contributed by atoms with Crippen LogP contribution >= 0.6 is 11.6 Å². The molecule has 10 heteroatoms. The average molecular weight is 467 g/mol. The molecule has 0 saturated heterocycles. The van der Waals surface area contributed by atoms with Crippen LogP contribution in [-0.4, -0.2) is 21.4 Å². The molecular weight excluding hydrogens is 450 g/mol. The van der Waals surface area contributed by atoms with E-state index in [9.17, 15) is 22.0 Å². The van der Waals surface area contributed by atoms with E-state index >= 15 is 0 Å². The molecule has 31 heavy (non-hydrogen) atoms. The Hall–Kier alpha value is -3.01. The summed E-state index contributed by atoms with van der Waals surface area (Å²) in [5.74, 6) is -2.02. The highest BCUT2D eigenvalue weighted by atomic mass is 35.5. The summed E-state index contributed by atoms with van der Waals surface area (Å²) in [4.78, 5) is 12.2. The van der Waals surface area contributed by atoms with Gasteiger partial charge in [0, 0.05) is 17.8 Å². The van der Waals surface area contributed by atoms with Gasteiger partial charge in [-0.25, -0.2) is 21.9 Å². The number of methoxy groups -OCH3 is 1. The number of halogens is 3. The van der Waals surface area contributed by atoms with Crippen LogP contribution in [0.1, 0.15) is 15.9 Å². The molecule has 0 unspecified atom stereocenters. The SMILES string of the molecule is COc1ccccc1CNS(=O)(=O)c1ccc(F)c(C(=O)Nc2ccc(F)c(Cl)c2)c1. The number of benzene rings is 3. The fourth-order valence-corrected chi connectivity index (χ4v) is 3.94. The van der Waals surface area contributed by atoms with Crippen molar-refractivity contribution < 1.29 is 26.7 Å². The van der Waals surface area contributed by atoms with E-state index in [0.717, 1.165) is 30.3 Å². The molecule has 0 fully saturated rings. The molecule has 0 aromatic heterocycles. The van der Waals surface area contributed by atoms with E-state index in [1.54, 1.807) is 24.3 Å². The maximum atomic E-state index is 14.2. The van der Waals surface area contributed by atoms with E-state index in [2.05, 4.69) is 10.0 Å². The molecule has 0 radical (unpaired) electrons. The first-order valence-electron chi connectivity index (χ1n) is 8.89. The van der Waals surface area contributed by atoms with Gasteiger partial charge < -0.3 is 10.1 Å². The van der Waals surface area contributed by atoms with E-state index in [-0.39, 0.29) is 22.2 Å². The molecule has 2 N–H and O–H groups in total. The summed E-state index contributed by atoms with van der Waals surface area (Å²) in [5, 5.41) is 2.13. The van der Waals surface area contributed by atoms with Crippen LogP contribution in [0.15, 0.2) is 65.6 Å². The van der Waals surface area contributed by atoms with Crippen molar-refractivity contribution in [3.8, 4) is 5.75 Å². The molecule has 0 aliphatic carbocycles. The zero-order chi connectivity index (χ0) is 22.6. The second-order valence-electron chi connectivity index (χ2n) is 6.36. The van der Waals surface area contributed by atoms with Gasteiger partial charge in [-0.05, 0) is 42.5 Å². The summed E-state index contributed by atoms with van der Waals surface area (Å²) in [6.07, 6.45) is 0. The predicted molar refractivity (Wildman–Crippen MR) is 113 cm³/mol. The number of nitrogens with one attached hydrogen (secondary N) is 2. The predicted octanol–water partition coefficient (Wildman–Crippen LogP) is 4.36. The molecule has 6 nitrogen and oxygen atoms in total. The Bertz CT molecular complexity index is 1240. The summed E-state index contributed by atoms with van der Waals surface area (Å²) in [6.45, 7) is -0.0701. The van der Waals surface area contributed by atoms with Gasteiger partial charge in [-0.15, -0.1) is 0 Å². The van der Waals surface area contributed by atoms with Crippen molar-refractivity contribution in [1.29, 1.82) is 0 Å². The number of sulfonamides is 1. The van der Waals surface area contributed by atoms with Crippen LogP contribution in [0.2, 0.25) is 5.02 Å². The molecule has 162 valence electrons. The fraction of sp³-hybridized carbons (Fsp3) is 0.0952. The quantitative estimate of drug-likeness (QED) is 0.542. The van der Waals surface area contributed by atoms with E-state index in [1.807, 2.05) is 0 Å². The Kier molecular flexibility index (Phi) is 6.89. The van der Waals surface area contributed by atoms with Gasteiger partial charge in [0.25, 0.3) is 5.91 Å².